The van der Waals surface area contributed by atoms with Crippen LogP contribution in [-0.4, -0.2) is 13.4 Å². The van der Waals surface area contributed by atoms with Crippen molar-refractivity contribution in [3.8, 4) is 11.8 Å². The van der Waals surface area contributed by atoms with E-state index in [9.17, 15) is 8.42 Å². The molecule has 0 aliphatic carbocycles. The second kappa shape index (κ2) is 5.71. The molecular formula is C17H12N2O3S. The number of hydrogen-bond donors (Lipinski definition) is 0. The molecule has 0 amide bonds. The second-order valence-electron chi connectivity index (χ2n) is 4.96. The highest BCUT2D eigenvalue weighted by atomic mass is 32.2. The van der Waals surface area contributed by atoms with Crippen LogP contribution < -0.4 is 4.18 Å². The molecule has 0 spiro atoms. The average molecular weight is 324 g/mol. The molecule has 1 aromatic heterocycles. The standard InChI is InChI=1S/C17H12N2O3S/c1-12-7-8-16(15-6-3-9-19-17(12)15)23(20,21)22-14-5-2-4-13(10-14)11-18/h2-10H,1H3. The van der Waals surface area contributed by atoms with Crippen molar-refractivity contribution >= 4 is 21.0 Å². The molecule has 0 saturated carbocycles. The number of rotatable bonds is 3. The van der Waals surface area contributed by atoms with Crippen LogP contribution in [0.1, 0.15) is 11.1 Å². The molecule has 0 radical (unpaired) electrons. The minimum absolute atomic E-state index is 0.0496. The zero-order chi connectivity index (χ0) is 16.4. The minimum atomic E-state index is -4.03. The number of benzene rings is 2. The number of aromatic nitrogens is 1. The summed E-state index contributed by atoms with van der Waals surface area (Å²) in [6.07, 6.45) is 1.61. The number of aryl methyl sites for hydroxylation is 1. The third-order valence-electron chi connectivity index (χ3n) is 3.37. The molecule has 0 aliphatic rings. The van der Waals surface area contributed by atoms with Gasteiger partial charge in [0.1, 0.15) is 10.6 Å². The summed E-state index contributed by atoms with van der Waals surface area (Å²) in [7, 11) is -4.03. The van der Waals surface area contributed by atoms with Crippen LogP contribution in [0.2, 0.25) is 0 Å². The number of nitrogens with zero attached hydrogens (tertiary/aromatic N) is 2. The Balaban J connectivity index is 2.10. The topological polar surface area (TPSA) is 80.0 Å². The van der Waals surface area contributed by atoms with Gasteiger partial charge in [-0.15, -0.1) is 0 Å². The van der Waals surface area contributed by atoms with E-state index in [4.69, 9.17) is 9.44 Å². The summed E-state index contributed by atoms with van der Waals surface area (Å²) in [4.78, 5) is 4.28. The first-order valence-corrected chi connectivity index (χ1v) is 8.21. The molecule has 0 bridgehead atoms. The predicted molar refractivity (Wildman–Crippen MR) is 85.5 cm³/mol. The van der Waals surface area contributed by atoms with Crippen molar-refractivity contribution in [2.45, 2.75) is 11.8 Å². The summed E-state index contributed by atoms with van der Waals surface area (Å²) in [5, 5.41) is 9.39. The smallest absolute Gasteiger partial charge is 0.339 e. The second-order valence-corrected chi connectivity index (χ2v) is 6.47. The summed E-state index contributed by atoms with van der Waals surface area (Å²) in [5.41, 5.74) is 1.82. The lowest BCUT2D eigenvalue weighted by Crippen LogP contribution is -2.10. The van der Waals surface area contributed by atoms with Crippen LogP contribution in [0.15, 0.2) is 59.6 Å². The Labute approximate surface area is 133 Å². The van der Waals surface area contributed by atoms with Crippen LogP contribution >= 0.6 is 0 Å². The van der Waals surface area contributed by atoms with Crippen LogP contribution in [0.25, 0.3) is 10.9 Å². The van der Waals surface area contributed by atoms with Gasteiger partial charge in [0, 0.05) is 11.6 Å². The van der Waals surface area contributed by atoms with E-state index in [-0.39, 0.29) is 10.6 Å². The fourth-order valence-electron chi connectivity index (χ4n) is 2.29. The number of nitriles is 1. The third kappa shape index (κ3) is 2.87. The molecule has 3 rings (SSSR count). The van der Waals surface area contributed by atoms with E-state index >= 15 is 0 Å². The zero-order valence-corrected chi connectivity index (χ0v) is 13.0. The number of pyridine rings is 1. The van der Waals surface area contributed by atoms with Gasteiger partial charge in [-0.05, 0) is 48.9 Å². The van der Waals surface area contributed by atoms with Crippen molar-refractivity contribution in [1.82, 2.24) is 4.98 Å². The molecule has 114 valence electrons. The average Bonchev–Trinajstić information content (AvgIpc) is 2.55. The molecular weight excluding hydrogens is 312 g/mol. The van der Waals surface area contributed by atoms with Crippen molar-refractivity contribution in [1.29, 1.82) is 5.26 Å². The van der Waals surface area contributed by atoms with E-state index in [1.807, 2.05) is 13.0 Å². The molecule has 6 heteroatoms. The monoisotopic (exact) mass is 324 g/mol. The Kier molecular flexibility index (Phi) is 3.72. The van der Waals surface area contributed by atoms with Gasteiger partial charge < -0.3 is 4.18 Å². The third-order valence-corrected chi connectivity index (χ3v) is 4.68. The van der Waals surface area contributed by atoms with Gasteiger partial charge in [0.25, 0.3) is 0 Å². The summed E-state index contributed by atoms with van der Waals surface area (Å²) in [6, 6.07) is 14.5. The highest BCUT2D eigenvalue weighted by Gasteiger charge is 2.21. The summed E-state index contributed by atoms with van der Waals surface area (Å²) < 4.78 is 30.4. The maximum Gasteiger partial charge on any atom is 0.339 e. The van der Waals surface area contributed by atoms with Crippen molar-refractivity contribution in [2.75, 3.05) is 0 Å². The summed E-state index contributed by atoms with van der Waals surface area (Å²) in [6.45, 7) is 1.86. The molecule has 5 nitrogen and oxygen atoms in total. The Bertz CT molecular complexity index is 1040. The van der Waals surface area contributed by atoms with Crippen molar-refractivity contribution in [3.63, 3.8) is 0 Å². The molecule has 0 unspecified atom stereocenters. The minimum Gasteiger partial charge on any atom is -0.379 e. The van der Waals surface area contributed by atoms with Crippen molar-refractivity contribution in [2.24, 2.45) is 0 Å². The predicted octanol–water partition coefficient (Wildman–Crippen LogP) is 3.18. The first kappa shape index (κ1) is 15.0. The van der Waals surface area contributed by atoms with Crippen molar-refractivity contribution < 1.29 is 12.6 Å². The van der Waals surface area contributed by atoms with Crippen LogP contribution in [0.4, 0.5) is 0 Å². The lowest BCUT2D eigenvalue weighted by Gasteiger charge is -2.10. The molecule has 0 atom stereocenters. The Morgan fingerprint density at radius 1 is 1.13 bits per heavy atom. The molecule has 1 heterocycles. The van der Waals surface area contributed by atoms with Crippen LogP contribution in [0.3, 0.4) is 0 Å². The Morgan fingerprint density at radius 2 is 1.96 bits per heavy atom. The van der Waals surface area contributed by atoms with E-state index in [0.29, 0.717) is 16.5 Å². The maximum atomic E-state index is 12.6. The Hall–Kier alpha value is -2.91. The number of fused-ring (bicyclic) bond motifs is 1. The van der Waals surface area contributed by atoms with Gasteiger partial charge in [-0.25, -0.2) is 0 Å². The van der Waals surface area contributed by atoms with E-state index in [0.717, 1.165) is 5.56 Å². The fourth-order valence-corrected chi connectivity index (χ4v) is 3.41. The normalized spacial score (nSPS) is 11.1. The number of hydrogen-bond acceptors (Lipinski definition) is 5. The zero-order valence-electron chi connectivity index (χ0n) is 12.2. The molecule has 0 fully saturated rings. The van der Waals surface area contributed by atoms with E-state index in [2.05, 4.69) is 4.98 Å². The fraction of sp³-hybridized carbons (Fsp3) is 0.0588. The van der Waals surface area contributed by atoms with Crippen LogP contribution in [0.5, 0.6) is 5.75 Å². The van der Waals surface area contributed by atoms with Gasteiger partial charge in [-0.2, -0.15) is 13.7 Å². The maximum absolute atomic E-state index is 12.6. The van der Waals surface area contributed by atoms with E-state index < -0.39 is 10.1 Å². The largest absolute Gasteiger partial charge is 0.379 e. The van der Waals surface area contributed by atoms with Gasteiger partial charge >= 0.3 is 10.1 Å². The molecule has 3 aromatic rings. The lowest BCUT2D eigenvalue weighted by molar-refractivity contribution is 0.487. The quantitative estimate of drug-likeness (QED) is 0.691. The molecule has 23 heavy (non-hydrogen) atoms. The van der Waals surface area contributed by atoms with Gasteiger partial charge in [-0.3, -0.25) is 4.98 Å². The lowest BCUT2D eigenvalue weighted by atomic mass is 10.1. The van der Waals surface area contributed by atoms with Gasteiger partial charge in [0.2, 0.25) is 0 Å². The van der Waals surface area contributed by atoms with Crippen molar-refractivity contribution in [3.05, 3.63) is 65.9 Å². The van der Waals surface area contributed by atoms with Crippen LogP contribution in [-0.2, 0) is 10.1 Å². The SMILES string of the molecule is Cc1ccc(S(=O)(=O)Oc2cccc(C#N)c2)c2cccnc12. The Morgan fingerprint density at radius 3 is 2.74 bits per heavy atom. The van der Waals surface area contributed by atoms with E-state index in [1.54, 1.807) is 36.5 Å². The van der Waals surface area contributed by atoms with Gasteiger partial charge in [0.05, 0.1) is 17.1 Å². The van der Waals surface area contributed by atoms with Gasteiger partial charge in [-0.1, -0.05) is 12.1 Å². The first-order chi connectivity index (χ1) is 11.0. The molecule has 0 saturated heterocycles. The first-order valence-electron chi connectivity index (χ1n) is 6.80. The molecule has 0 aliphatic heterocycles. The summed E-state index contributed by atoms with van der Waals surface area (Å²) >= 11 is 0. The highest BCUT2D eigenvalue weighted by Crippen LogP contribution is 2.27. The summed E-state index contributed by atoms with van der Waals surface area (Å²) in [5.74, 6) is 0.0988. The molecule has 2 aromatic carbocycles. The highest BCUT2D eigenvalue weighted by molar-refractivity contribution is 7.87. The van der Waals surface area contributed by atoms with E-state index in [1.165, 1.54) is 18.2 Å². The van der Waals surface area contributed by atoms with Crippen LogP contribution in [0, 0.1) is 18.3 Å². The molecule has 0 N–H and O–H groups in total. The van der Waals surface area contributed by atoms with Gasteiger partial charge in [0.15, 0.2) is 0 Å².